The molecule has 3 aliphatic carbocycles. The van der Waals surface area contributed by atoms with Crippen molar-refractivity contribution in [1.29, 1.82) is 0 Å². The first-order valence-electron chi connectivity index (χ1n) is 8.77. The fourth-order valence-corrected chi connectivity index (χ4v) is 6.13. The first-order chi connectivity index (χ1) is 10.4. The maximum atomic E-state index is 12.2. The molecule has 1 saturated heterocycles. The van der Waals surface area contributed by atoms with Crippen LogP contribution in [0.3, 0.4) is 0 Å². The number of rotatable bonds is 0. The lowest BCUT2D eigenvalue weighted by Gasteiger charge is -2.58. The molecule has 0 N–H and O–H groups in total. The number of carbonyl (C=O) groups excluding carboxylic acids is 2. The van der Waals surface area contributed by atoms with Crippen LogP contribution in [-0.4, -0.2) is 18.4 Å². The minimum Gasteiger partial charge on any atom is -0.465 e. The minimum atomic E-state index is -0.266. The number of fused-ring (bicyclic) bond motifs is 5. The molecule has 4 aliphatic rings. The predicted octanol–water partition coefficient (Wildman–Crippen LogP) is 3.53. The molecule has 4 rings (SSSR count). The van der Waals surface area contributed by atoms with E-state index in [4.69, 9.17) is 4.74 Å². The van der Waals surface area contributed by atoms with E-state index in [-0.39, 0.29) is 16.8 Å². The van der Waals surface area contributed by atoms with Crippen LogP contribution in [0, 0.1) is 34.5 Å². The summed E-state index contributed by atoms with van der Waals surface area (Å²) in [6.45, 7) is 7.41. The summed E-state index contributed by atoms with van der Waals surface area (Å²) in [5, 5.41) is 0. The summed E-state index contributed by atoms with van der Waals surface area (Å²) in [5.41, 5.74) is 1.28. The highest BCUT2D eigenvalue weighted by Gasteiger charge is 2.62. The zero-order valence-electron chi connectivity index (χ0n) is 13.9. The summed E-state index contributed by atoms with van der Waals surface area (Å²) in [6.07, 6.45) is 6.68. The van der Waals surface area contributed by atoms with E-state index in [1.54, 1.807) is 0 Å². The van der Waals surface area contributed by atoms with Gasteiger partial charge in [0.2, 0.25) is 0 Å². The van der Waals surface area contributed by atoms with Crippen molar-refractivity contribution in [2.75, 3.05) is 6.61 Å². The number of allylic oxidation sites excluding steroid dienone is 2. The lowest BCUT2D eigenvalue weighted by Crippen LogP contribution is -2.53. The molecule has 0 aromatic rings. The largest absolute Gasteiger partial charge is 0.465 e. The Bertz CT molecular complexity index is 577. The van der Waals surface area contributed by atoms with E-state index in [1.807, 2.05) is 6.08 Å². The monoisotopic (exact) mass is 302 g/mol. The SMILES string of the molecule is CC1CC2=CC(=O)CC[C@]2(C)[C@@H]2CC[C@]3(C)C(=O)OC[C@H]3[C@H]12. The van der Waals surface area contributed by atoms with Gasteiger partial charge in [-0.05, 0) is 61.9 Å². The average molecular weight is 302 g/mol. The van der Waals surface area contributed by atoms with Gasteiger partial charge >= 0.3 is 5.97 Å². The molecular weight excluding hydrogens is 276 g/mol. The van der Waals surface area contributed by atoms with Crippen molar-refractivity contribution in [2.24, 2.45) is 34.5 Å². The third kappa shape index (κ3) is 1.68. The van der Waals surface area contributed by atoms with Crippen molar-refractivity contribution in [3.8, 4) is 0 Å². The molecule has 1 heterocycles. The van der Waals surface area contributed by atoms with Crippen LogP contribution in [0.2, 0.25) is 0 Å². The Morgan fingerprint density at radius 3 is 2.68 bits per heavy atom. The van der Waals surface area contributed by atoms with E-state index in [9.17, 15) is 9.59 Å². The fraction of sp³-hybridized carbons (Fsp3) is 0.789. The van der Waals surface area contributed by atoms with Crippen molar-refractivity contribution >= 4 is 11.8 Å². The van der Waals surface area contributed by atoms with Gasteiger partial charge in [0.05, 0.1) is 12.0 Å². The van der Waals surface area contributed by atoms with Crippen molar-refractivity contribution in [3.63, 3.8) is 0 Å². The average Bonchev–Trinajstić information content (AvgIpc) is 2.77. The molecule has 2 saturated carbocycles. The van der Waals surface area contributed by atoms with Crippen LogP contribution in [0.4, 0.5) is 0 Å². The Morgan fingerprint density at radius 1 is 1.14 bits per heavy atom. The van der Waals surface area contributed by atoms with Crippen LogP contribution < -0.4 is 0 Å². The smallest absolute Gasteiger partial charge is 0.312 e. The Labute approximate surface area is 132 Å². The van der Waals surface area contributed by atoms with Gasteiger partial charge in [0.15, 0.2) is 5.78 Å². The summed E-state index contributed by atoms with van der Waals surface area (Å²) < 4.78 is 5.48. The lowest BCUT2D eigenvalue weighted by molar-refractivity contribution is -0.149. The zero-order valence-corrected chi connectivity index (χ0v) is 13.9. The topological polar surface area (TPSA) is 43.4 Å². The van der Waals surface area contributed by atoms with Gasteiger partial charge in [-0.15, -0.1) is 0 Å². The van der Waals surface area contributed by atoms with E-state index in [2.05, 4.69) is 20.8 Å². The molecule has 0 bridgehead atoms. The molecule has 6 atom stereocenters. The Kier molecular flexibility index (Phi) is 2.93. The van der Waals surface area contributed by atoms with Gasteiger partial charge in [0.25, 0.3) is 0 Å². The summed E-state index contributed by atoms with van der Waals surface area (Å²) in [6, 6.07) is 0. The molecule has 0 spiro atoms. The van der Waals surface area contributed by atoms with E-state index in [1.165, 1.54) is 5.57 Å². The number of ether oxygens (including phenoxy) is 1. The van der Waals surface area contributed by atoms with Gasteiger partial charge in [-0.2, -0.15) is 0 Å². The second-order valence-corrected chi connectivity index (χ2v) is 8.58. The number of carbonyl (C=O) groups is 2. The van der Waals surface area contributed by atoms with E-state index in [0.717, 1.165) is 25.7 Å². The van der Waals surface area contributed by atoms with Crippen LogP contribution in [0.15, 0.2) is 11.6 Å². The summed E-state index contributed by atoms with van der Waals surface area (Å²) >= 11 is 0. The first kappa shape index (κ1) is 14.5. The highest BCUT2D eigenvalue weighted by molar-refractivity contribution is 5.91. The molecule has 0 amide bonds. The van der Waals surface area contributed by atoms with Crippen LogP contribution in [0.25, 0.3) is 0 Å². The minimum absolute atomic E-state index is 0.0217. The molecule has 0 aromatic heterocycles. The molecule has 1 aliphatic heterocycles. The number of hydrogen-bond donors (Lipinski definition) is 0. The van der Waals surface area contributed by atoms with Crippen molar-refractivity contribution < 1.29 is 14.3 Å². The van der Waals surface area contributed by atoms with Crippen LogP contribution in [0.5, 0.6) is 0 Å². The van der Waals surface area contributed by atoms with Gasteiger partial charge < -0.3 is 4.74 Å². The van der Waals surface area contributed by atoms with Gasteiger partial charge in [0.1, 0.15) is 0 Å². The molecule has 1 unspecified atom stereocenters. The van der Waals surface area contributed by atoms with Crippen molar-refractivity contribution in [2.45, 2.75) is 52.9 Å². The van der Waals surface area contributed by atoms with Gasteiger partial charge in [-0.3, -0.25) is 9.59 Å². The fourth-order valence-electron chi connectivity index (χ4n) is 6.13. The van der Waals surface area contributed by atoms with E-state index < -0.39 is 0 Å². The molecule has 3 fully saturated rings. The first-order valence-corrected chi connectivity index (χ1v) is 8.77. The molecular formula is C19H26O3. The molecule has 22 heavy (non-hydrogen) atoms. The summed E-state index contributed by atoms with van der Waals surface area (Å²) in [5.74, 6) is 2.38. The maximum absolute atomic E-state index is 12.2. The van der Waals surface area contributed by atoms with Crippen LogP contribution >= 0.6 is 0 Å². The zero-order chi connectivity index (χ0) is 15.7. The van der Waals surface area contributed by atoms with Crippen molar-refractivity contribution in [3.05, 3.63) is 11.6 Å². The predicted molar refractivity (Wildman–Crippen MR) is 83.0 cm³/mol. The van der Waals surface area contributed by atoms with Crippen molar-refractivity contribution in [1.82, 2.24) is 0 Å². The molecule has 120 valence electrons. The lowest BCUT2D eigenvalue weighted by atomic mass is 9.45. The Hall–Kier alpha value is -1.12. The number of cyclic esters (lactones) is 1. The highest BCUT2D eigenvalue weighted by atomic mass is 16.5. The number of esters is 1. The van der Waals surface area contributed by atoms with Crippen LogP contribution in [-0.2, 0) is 14.3 Å². The highest BCUT2D eigenvalue weighted by Crippen LogP contribution is 2.64. The number of hydrogen-bond acceptors (Lipinski definition) is 3. The third-order valence-corrected chi connectivity index (χ3v) is 7.56. The van der Waals surface area contributed by atoms with Gasteiger partial charge in [-0.1, -0.05) is 19.4 Å². The van der Waals surface area contributed by atoms with Gasteiger partial charge in [0, 0.05) is 12.3 Å². The molecule has 3 nitrogen and oxygen atoms in total. The third-order valence-electron chi connectivity index (χ3n) is 7.56. The summed E-state index contributed by atoms with van der Waals surface area (Å²) in [7, 11) is 0. The van der Waals surface area contributed by atoms with E-state index in [0.29, 0.717) is 42.5 Å². The molecule has 0 aromatic carbocycles. The quantitative estimate of drug-likeness (QED) is 0.643. The van der Waals surface area contributed by atoms with Gasteiger partial charge in [-0.25, -0.2) is 0 Å². The molecule has 3 heteroatoms. The second kappa shape index (κ2) is 4.46. The van der Waals surface area contributed by atoms with Crippen LogP contribution in [0.1, 0.15) is 52.9 Å². The maximum Gasteiger partial charge on any atom is 0.312 e. The Balaban J connectivity index is 1.75. The van der Waals surface area contributed by atoms with E-state index >= 15 is 0 Å². The summed E-state index contributed by atoms with van der Waals surface area (Å²) in [4.78, 5) is 24.1. The standard InChI is InChI=1S/C19H26O3/c1-11-8-12-9-13(20)4-6-18(12,2)14-5-7-19(3)15(16(11)14)10-22-17(19)21/h9,11,14-16H,4-8,10H2,1-3H3/t11?,14-,15+,16-,18+,19+/m1/s1. The second-order valence-electron chi connectivity index (χ2n) is 8.58. The number of ketones is 1. The Morgan fingerprint density at radius 2 is 1.91 bits per heavy atom. The normalized spacial score (nSPS) is 50.6. The molecule has 0 radical (unpaired) electrons.